The number of Topliss-reactive ketones (excluding diaryl/α,β-unsaturated/α-hetero) is 1. The first kappa shape index (κ1) is 15.0. The summed E-state index contributed by atoms with van der Waals surface area (Å²) >= 11 is 6.82. The second kappa shape index (κ2) is 6.37. The van der Waals surface area contributed by atoms with Crippen molar-refractivity contribution >= 4 is 29.1 Å². The summed E-state index contributed by atoms with van der Waals surface area (Å²) < 4.78 is 26.6. The van der Waals surface area contributed by atoms with Crippen molar-refractivity contribution in [3.63, 3.8) is 0 Å². The molecule has 5 heteroatoms. The zero-order valence-electron chi connectivity index (χ0n) is 10.6. The van der Waals surface area contributed by atoms with E-state index >= 15 is 0 Å². The number of ketones is 1. The van der Waals surface area contributed by atoms with Gasteiger partial charge in [-0.25, -0.2) is 8.78 Å². The number of thioether (sulfide) groups is 1. The summed E-state index contributed by atoms with van der Waals surface area (Å²) in [6, 6.07) is 9.73. The van der Waals surface area contributed by atoms with Gasteiger partial charge in [-0.2, -0.15) is 0 Å². The monoisotopic (exact) mass is 312 g/mol. The van der Waals surface area contributed by atoms with Crippen LogP contribution in [0, 0.1) is 11.6 Å². The number of carbonyl (C=O) groups is 1. The van der Waals surface area contributed by atoms with Crippen molar-refractivity contribution in [3.05, 3.63) is 64.7 Å². The summed E-state index contributed by atoms with van der Waals surface area (Å²) in [5.41, 5.74) is 0.453. The third-order valence-corrected chi connectivity index (χ3v) is 4.04. The van der Waals surface area contributed by atoms with E-state index in [1.165, 1.54) is 0 Å². The highest BCUT2D eigenvalue weighted by molar-refractivity contribution is 8.00. The van der Waals surface area contributed by atoms with Gasteiger partial charge in [0.25, 0.3) is 0 Å². The number of hydrogen-bond donors (Lipinski definition) is 0. The maximum atomic E-state index is 13.5. The van der Waals surface area contributed by atoms with Crippen LogP contribution in [-0.4, -0.2) is 11.0 Å². The molecule has 0 aliphatic carbocycles. The number of halogens is 3. The van der Waals surface area contributed by atoms with Crippen LogP contribution < -0.4 is 0 Å². The van der Waals surface area contributed by atoms with E-state index in [1.807, 2.05) is 0 Å². The Morgan fingerprint density at radius 1 is 1.20 bits per heavy atom. The third kappa shape index (κ3) is 3.58. The molecule has 0 saturated heterocycles. The molecular weight excluding hydrogens is 302 g/mol. The Hall–Kier alpha value is -1.39. The van der Waals surface area contributed by atoms with E-state index in [9.17, 15) is 13.6 Å². The molecule has 20 heavy (non-hydrogen) atoms. The molecule has 2 aromatic rings. The van der Waals surface area contributed by atoms with E-state index in [0.717, 1.165) is 30.0 Å². The molecule has 1 atom stereocenters. The third-order valence-electron chi connectivity index (χ3n) is 2.68. The highest BCUT2D eigenvalue weighted by atomic mass is 35.5. The molecule has 0 aliphatic heterocycles. The van der Waals surface area contributed by atoms with Gasteiger partial charge in [0.15, 0.2) is 5.78 Å². The second-order valence-electron chi connectivity index (χ2n) is 4.21. The van der Waals surface area contributed by atoms with Gasteiger partial charge < -0.3 is 0 Å². The summed E-state index contributed by atoms with van der Waals surface area (Å²) in [7, 11) is 0. The van der Waals surface area contributed by atoms with Crippen LogP contribution in [0.15, 0.2) is 47.4 Å². The van der Waals surface area contributed by atoms with Gasteiger partial charge in [-0.15, -0.1) is 11.8 Å². The van der Waals surface area contributed by atoms with Gasteiger partial charge in [0.05, 0.1) is 5.25 Å². The van der Waals surface area contributed by atoms with Crippen LogP contribution in [0.5, 0.6) is 0 Å². The minimum atomic E-state index is -0.540. The zero-order chi connectivity index (χ0) is 14.7. The van der Waals surface area contributed by atoms with Crippen molar-refractivity contribution < 1.29 is 13.6 Å². The highest BCUT2D eigenvalue weighted by Crippen LogP contribution is 2.29. The fraction of sp³-hybridized carbons (Fsp3) is 0.133. The van der Waals surface area contributed by atoms with Gasteiger partial charge in [0.2, 0.25) is 0 Å². The minimum absolute atomic E-state index is 0.118. The van der Waals surface area contributed by atoms with Crippen molar-refractivity contribution in [1.29, 1.82) is 0 Å². The molecule has 0 N–H and O–H groups in total. The molecule has 0 amide bonds. The minimum Gasteiger partial charge on any atom is -0.293 e. The van der Waals surface area contributed by atoms with E-state index in [1.54, 1.807) is 31.2 Å². The van der Waals surface area contributed by atoms with Crippen LogP contribution >= 0.6 is 23.4 Å². The van der Waals surface area contributed by atoms with Crippen molar-refractivity contribution in [1.82, 2.24) is 0 Å². The topological polar surface area (TPSA) is 17.1 Å². The second-order valence-corrected chi connectivity index (χ2v) is 6.03. The standard InChI is InChI=1S/C15H11ClF2OS/c1-9(15(19)10-3-2-4-11(16)7-10)20-14-8-12(17)5-6-13(14)18/h2-9H,1H3. The fourth-order valence-corrected chi connectivity index (χ4v) is 2.86. The molecule has 1 unspecified atom stereocenters. The lowest BCUT2D eigenvalue weighted by Crippen LogP contribution is -2.13. The lowest BCUT2D eigenvalue weighted by atomic mass is 10.1. The van der Waals surface area contributed by atoms with Gasteiger partial charge in [-0.1, -0.05) is 23.7 Å². The number of hydrogen-bond acceptors (Lipinski definition) is 2. The molecule has 104 valence electrons. The van der Waals surface area contributed by atoms with Gasteiger partial charge in [-0.3, -0.25) is 4.79 Å². The van der Waals surface area contributed by atoms with Crippen molar-refractivity contribution in [2.75, 3.05) is 0 Å². The van der Waals surface area contributed by atoms with Crippen molar-refractivity contribution in [3.8, 4) is 0 Å². The maximum Gasteiger partial charge on any atom is 0.175 e. The van der Waals surface area contributed by atoms with Crippen LogP contribution in [0.3, 0.4) is 0 Å². The van der Waals surface area contributed by atoms with E-state index in [4.69, 9.17) is 11.6 Å². The Morgan fingerprint density at radius 2 is 1.95 bits per heavy atom. The predicted octanol–water partition coefficient (Wildman–Crippen LogP) is 4.98. The SMILES string of the molecule is CC(Sc1cc(F)ccc1F)C(=O)c1cccc(Cl)c1. The predicted molar refractivity (Wildman–Crippen MR) is 77.5 cm³/mol. The quantitative estimate of drug-likeness (QED) is 0.585. The summed E-state index contributed by atoms with van der Waals surface area (Å²) in [5.74, 6) is -1.25. The van der Waals surface area contributed by atoms with E-state index < -0.39 is 16.9 Å². The highest BCUT2D eigenvalue weighted by Gasteiger charge is 2.18. The molecule has 0 aromatic heterocycles. The zero-order valence-corrected chi connectivity index (χ0v) is 12.1. The lowest BCUT2D eigenvalue weighted by Gasteiger charge is -2.11. The van der Waals surface area contributed by atoms with Gasteiger partial charge in [-0.05, 0) is 37.3 Å². The van der Waals surface area contributed by atoms with Gasteiger partial charge in [0, 0.05) is 15.5 Å². The molecule has 0 saturated carbocycles. The average Bonchev–Trinajstić information content (AvgIpc) is 2.42. The first-order valence-electron chi connectivity index (χ1n) is 5.89. The summed E-state index contributed by atoms with van der Waals surface area (Å²) in [6.45, 7) is 1.65. The van der Waals surface area contributed by atoms with Crippen molar-refractivity contribution in [2.45, 2.75) is 17.1 Å². The Bertz CT molecular complexity index is 646. The molecule has 0 spiro atoms. The van der Waals surface area contributed by atoms with Gasteiger partial charge in [0.1, 0.15) is 11.6 Å². The average molecular weight is 313 g/mol. The normalized spacial score (nSPS) is 12.2. The molecule has 0 fully saturated rings. The summed E-state index contributed by atoms with van der Waals surface area (Å²) in [4.78, 5) is 12.3. The van der Waals surface area contributed by atoms with Crippen molar-refractivity contribution in [2.24, 2.45) is 0 Å². The summed E-state index contributed by atoms with van der Waals surface area (Å²) in [6.07, 6.45) is 0. The molecular formula is C15H11ClF2OS. The molecule has 0 radical (unpaired) electrons. The maximum absolute atomic E-state index is 13.5. The van der Waals surface area contributed by atoms with E-state index in [0.29, 0.717) is 10.6 Å². The Morgan fingerprint density at radius 3 is 2.65 bits per heavy atom. The Labute approximate surface area is 125 Å². The Balaban J connectivity index is 2.17. The molecule has 0 aliphatic rings. The first-order valence-corrected chi connectivity index (χ1v) is 7.14. The fourth-order valence-electron chi connectivity index (χ4n) is 1.69. The largest absolute Gasteiger partial charge is 0.293 e. The first-order chi connectivity index (χ1) is 9.47. The van der Waals surface area contributed by atoms with E-state index in [-0.39, 0.29) is 10.7 Å². The molecule has 0 bridgehead atoms. The molecule has 1 nitrogen and oxygen atoms in total. The number of carbonyl (C=O) groups excluding carboxylic acids is 1. The molecule has 0 heterocycles. The number of rotatable bonds is 4. The van der Waals surface area contributed by atoms with Crippen LogP contribution in [0.4, 0.5) is 8.78 Å². The van der Waals surface area contributed by atoms with Gasteiger partial charge >= 0.3 is 0 Å². The van der Waals surface area contributed by atoms with E-state index in [2.05, 4.69) is 0 Å². The van der Waals surface area contributed by atoms with Crippen LogP contribution in [0.1, 0.15) is 17.3 Å². The summed E-state index contributed by atoms with van der Waals surface area (Å²) in [5, 5.41) is -0.0743. The lowest BCUT2D eigenvalue weighted by molar-refractivity contribution is 0.0994. The van der Waals surface area contributed by atoms with Crippen LogP contribution in [0.25, 0.3) is 0 Å². The molecule has 2 aromatic carbocycles. The molecule has 2 rings (SSSR count). The van der Waals surface area contributed by atoms with Crippen LogP contribution in [-0.2, 0) is 0 Å². The smallest absolute Gasteiger partial charge is 0.175 e. The number of benzene rings is 2. The van der Waals surface area contributed by atoms with Crippen LogP contribution in [0.2, 0.25) is 5.02 Å². The Kier molecular flexibility index (Phi) is 4.78.